The lowest BCUT2D eigenvalue weighted by Gasteiger charge is -2.18. The fourth-order valence-electron chi connectivity index (χ4n) is 2.91. The molecule has 0 aliphatic heterocycles. The largest absolute Gasteiger partial charge is 0.481 e. The van der Waals surface area contributed by atoms with Gasteiger partial charge in [0.05, 0.1) is 11.3 Å². The number of hydrogen-bond acceptors (Lipinski definition) is 3. The molecule has 1 unspecified atom stereocenters. The van der Waals surface area contributed by atoms with Crippen molar-refractivity contribution in [1.82, 2.24) is 5.32 Å². The van der Waals surface area contributed by atoms with E-state index in [0.717, 1.165) is 5.56 Å². The van der Waals surface area contributed by atoms with Crippen LogP contribution in [0.15, 0.2) is 55.1 Å². The van der Waals surface area contributed by atoms with Crippen molar-refractivity contribution in [2.75, 3.05) is 11.9 Å². The molecule has 0 aromatic heterocycles. The quantitative estimate of drug-likeness (QED) is 0.665. The second-order valence-corrected chi connectivity index (χ2v) is 6.97. The minimum absolute atomic E-state index is 0.274. The molecular weight excluding hydrogens is 352 g/mol. The first-order chi connectivity index (χ1) is 13.3. The average Bonchev–Trinajstić information content (AvgIpc) is 2.66. The summed E-state index contributed by atoms with van der Waals surface area (Å²) in [5, 5.41) is 5.49. The van der Waals surface area contributed by atoms with Gasteiger partial charge in [0.1, 0.15) is 5.75 Å². The molecule has 0 fully saturated rings. The summed E-state index contributed by atoms with van der Waals surface area (Å²) < 4.78 is 5.80. The predicted molar refractivity (Wildman–Crippen MR) is 113 cm³/mol. The highest BCUT2D eigenvalue weighted by Gasteiger charge is 2.18. The third-order valence-corrected chi connectivity index (χ3v) is 4.38. The first-order valence-corrected chi connectivity index (χ1v) is 9.39. The lowest BCUT2D eigenvalue weighted by molar-refractivity contribution is -0.122. The molecule has 28 heavy (non-hydrogen) atoms. The van der Waals surface area contributed by atoms with Gasteiger partial charge in [0, 0.05) is 6.54 Å². The number of carbonyl (C=O) groups is 2. The molecule has 0 spiro atoms. The molecule has 0 radical (unpaired) electrons. The summed E-state index contributed by atoms with van der Waals surface area (Å²) in [5.74, 6) is 0.471. The van der Waals surface area contributed by atoms with Gasteiger partial charge in [-0.2, -0.15) is 0 Å². The number of hydrogen-bond donors (Lipinski definition) is 2. The minimum atomic E-state index is -0.714. The number of ether oxygens (including phenoxy) is 1. The molecule has 2 N–H and O–H groups in total. The van der Waals surface area contributed by atoms with E-state index in [4.69, 9.17) is 4.74 Å². The van der Waals surface area contributed by atoms with Crippen LogP contribution < -0.4 is 15.4 Å². The van der Waals surface area contributed by atoms with Gasteiger partial charge in [-0.05, 0) is 55.2 Å². The van der Waals surface area contributed by atoms with Crippen LogP contribution in [0.1, 0.15) is 48.2 Å². The molecule has 5 nitrogen and oxygen atoms in total. The first-order valence-electron chi connectivity index (χ1n) is 9.39. The maximum absolute atomic E-state index is 12.6. The van der Waals surface area contributed by atoms with Crippen molar-refractivity contribution in [3.8, 4) is 5.75 Å². The first kappa shape index (κ1) is 21.2. The molecule has 148 valence electrons. The van der Waals surface area contributed by atoms with Gasteiger partial charge >= 0.3 is 0 Å². The summed E-state index contributed by atoms with van der Waals surface area (Å²) in [4.78, 5) is 24.8. The molecule has 2 rings (SSSR count). The Labute approximate surface area is 166 Å². The zero-order valence-corrected chi connectivity index (χ0v) is 16.9. The maximum Gasteiger partial charge on any atom is 0.265 e. The summed E-state index contributed by atoms with van der Waals surface area (Å²) in [6.45, 7) is 11.9. The topological polar surface area (TPSA) is 67.4 Å². The Kier molecular flexibility index (Phi) is 7.38. The number of benzene rings is 2. The number of para-hydroxylation sites is 1. The van der Waals surface area contributed by atoms with Crippen LogP contribution >= 0.6 is 0 Å². The molecular formula is C23H28N2O3. The van der Waals surface area contributed by atoms with Crippen LogP contribution in [0.25, 0.3) is 0 Å². The normalized spacial score (nSPS) is 11.6. The number of aryl methyl sites for hydroxylation is 1. The van der Waals surface area contributed by atoms with Gasteiger partial charge in [0.15, 0.2) is 6.10 Å². The Balaban J connectivity index is 2.08. The van der Waals surface area contributed by atoms with Crippen LogP contribution in [0, 0.1) is 6.92 Å². The van der Waals surface area contributed by atoms with Crippen molar-refractivity contribution >= 4 is 17.5 Å². The van der Waals surface area contributed by atoms with Gasteiger partial charge in [-0.3, -0.25) is 9.59 Å². The summed E-state index contributed by atoms with van der Waals surface area (Å²) in [6.07, 6.45) is 0.885. The third kappa shape index (κ3) is 5.46. The number of nitrogens with one attached hydrogen (secondary N) is 2. The molecule has 0 saturated carbocycles. The fraction of sp³-hybridized carbons (Fsp3) is 0.304. The van der Waals surface area contributed by atoms with Crippen molar-refractivity contribution in [3.63, 3.8) is 0 Å². The average molecular weight is 380 g/mol. The zero-order chi connectivity index (χ0) is 20.7. The van der Waals surface area contributed by atoms with E-state index in [0.29, 0.717) is 29.5 Å². The monoisotopic (exact) mass is 380 g/mol. The fourth-order valence-corrected chi connectivity index (χ4v) is 2.91. The van der Waals surface area contributed by atoms with Crippen molar-refractivity contribution in [2.45, 2.75) is 39.7 Å². The third-order valence-electron chi connectivity index (χ3n) is 4.38. The highest BCUT2D eigenvalue weighted by Crippen LogP contribution is 2.24. The highest BCUT2D eigenvalue weighted by atomic mass is 16.5. The van der Waals surface area contributed by atoms with E-state index >= 15 is 0 Å². The second kappa shape index (κ2) is 9.74. The molecule has 5 heteroatoms. The van der Waals surface area contributed by atoms with E-state index in [1.165, 1.54) is 5.56 Å². The van der Waals surface area contributed by atoms with Gasteiger partial charge in [0.2, 0.25) is 0 Å². The van der Waals surface area contributed by atoms with Crippen LogP contribution in [0.4, 0.5) is 5.69 Å². The minimum Gasteiger partial charge on any atom is -0.481 e. The van der Waals surface area contributed by atoms with Crippen molar-refractivity contribution < 1.29 is 14.3 Å². The maximum atomic E-state index is 12.6. The summed E-state index contributed by atoms with van der Waals surface area (Å²) in [5.41, 5.74) is 3.21. The molecule has 0 bridgehead atoms. The van der Waals surface area contributed by atoms with Crippen LogP contribution in [0.5, 0.6) is 5.75 Å². The smallest absolute Gasteiger partial charge is 0.265 e. The van der Waals surface area contributed by atoms with E-state index in [1.54, 1.807) is 37.3 Å². The van der Waals surface area contributed by atoms with E-state index in [2.05, 4.69) is 31.1 Å². The number of rotatable bonds is 8. The summed E-state index contributed by atoms with van der Waals surface area (Å²) in [7, 11) is 0. The summed E-state index contributed by atoms with van der Waals surface area (Å²) >= 11 is 0. The van der Waals surface area contributed by atoms with Gasteiger partial charge in [0.25, 0.3) is 11.8 Å². The highest BCUT2D eigenvalue weighted by molar-refractivity contribution is 6.04. The second-order valence-electron chi connectivity index (χ2n) is 6.97. The molecule has 2 aromatic carbocycles. The number of amides is 2. The molecule has 0 aliphatic rings. The van der Waals surface area contributed by atoms with Crippen LogP contribution in [-0.2, 0) is 4.79 Å². The van der Waals surface area contributed by atoms with Crippen LogP contribution in [0.2, 0.25) is 0 Å². The standard InChI is InChI=1S/C23H28N2O3/c1-6-13-24-23(27)20-9-7-8-10-21(20)25-22(26)17(5)28-18-11-12-19(15(2)3)16(4)14-18/h6-12,14-15,17H,1,13H2,2-5H3,(H,24,27)(H,25,26). The molecule has 0 aliphatic carbocycles. The van der Waals surface area contributed by atoms with E-state index in [9.17, 15) is 9.59 Å². The molecule has 0 saturated heterocycles. The van der Waals surface area contributed by atoms with Gasteiger partial charge < -0.3 is 15.4 Å². The van der Waals surface area contributed by atoms with E-state index in [-0.39, 0.29) is 11.8 Å². The Bertz CT molecular complexity index is 859. The SMILES string of the molecule is C=CCNC(=O)c1ccccc1NC(=O)C(C)Oc1ccc(C(C)C)c(C)c1. The zero-order valence-electron chi connectivity index (χ0n) is 16.9. The van der Waals surface area contributed by atoms with Gasteiger partial charge in [-0.15, -0.1) is 6.58 Å². The molecule has 0 heterocycles. The van der Waals surface area contributed by atoms with Crippen molar-refractivity contribution in [1.29, 1.82) is 0 Å². The lowest BCUT2D eigenvalue weighted by Crippen LogP contribution is -2.31. The molecule has 2 amide bonds. The van der Waals surface area contributed by atoms with Crippen LogP contribution in [0.3, 0.4) is 0 Å². The predicted octanol–water partition coefficient (Wildman–Crippen LogP) is 4.44. The van der Waals surface area contributed by atoms with Crippen molar-refractivity contribution in [2.24, 2.45) is 0 Å². The molecule has 2 aromatic rings. The van der Waals surface area contributed by atoms with Crippen LogP contribution in [-0.4, -0.2) is 24.5 Å². The lowest BCUT2D eigenvalue weighted by atomic mass is 9.98. The number of anilines is 1. The van der Waals surface area contributed by atoms with Gasteiger partial charge in [-0.25, -0.2) is 0 Å². The van der Waals surface area contributed by atoms with Gasteiger partial charge in [-0.1, -0.05) is 38.1 Å². The number of carbonyl (C=O) groups excluding carboxylic acids is 2. The Hall–Kier alpha value is -3.08. The Morgan fingerprint density at radius 3 is 2.50 bits per heavy atom. The summed E-state index contributed by atoms with van der Waals surface area (Å²) in [6, 6.07) is 12.7. The Morgan fingerprint density at radius 2 is 1.86 bits per heavy atom. The van der Waals surface area contributed by atoms with E-state index in [1.807, 2.05) is 25.1 Å². The Morgan fingerprint density at radius 1 is 1.14 bits per heavy atom. The van der Waals surface area contributed by atoms with Crippen molar-refractivity contribution in [3.05, 3.63) is 71.8 Å². The molecule has 1 atom stereocenters. The van der Waals surface area contributed by atoms with E-state index < -0.39 is 6.10 Å².